The lowest BCUT2D eigenvalue weighted by molar-refractivity contribution is 0.337. The summed E-state index contributed by atoms with van der Waals surface area (Å²) in [4.78, 5) is 10.1. The summed E-state index contributed by atoms with van der Waals surface area (Å²) in [7, 11) is -4.10. The first kappa shape index (κ1) is 17.7. The van der Waals surface area contributed by atoms with Gasteiger partial charge in [-0.1, -0.05) is 54.6 Å². The summed E-state index contributed by atoms with van der Waals surface area (Å²) in [5.41, 5.74) is 0. The van der Waals surface area contributed by atoms with Crippen LogP contribution in [0.4, 0.5) is 0 Å². The molecule has 128 valence electrons. The topological polar surface area (TPSA) is 57.2 Å². The molecule has 0 heterocycles. The average Bonchev–Trinajstić information content (AvgIpc) is 2.64. The largest absolute Gasteiger partial charge is 0.471 e. The number of hydrogen-bond acceptors (Lipinski definition) is 5. The summed E-state index contributed by atoms with van der Waals surface area (Å²) in [5, 5.41) is 0. The second-order valence-electron chi connectivity index (χ2n) is 4.76. The molecular weight excluding hydrogens is 358 g/mol. The van der Waals surface area contributed by atoms with Gasteiger partial charge in [-0.15, -0.1) is 0 Å². The van der Waals surface area contributed by atoms with Crippen LogP contribution in [0, 0.1) is 0 Å². The van der Waals surface area contributed by atoms with Crippen LogP contribution in [0.2, 0.25) is 0 Å². The molecule has 1 unspecified atom stereocenters. The van der Waals surface area contributed by atoms with E-state index in [1.54, 1.807) is 36.4 Å². The molecule has 25 heavy (non-hydrogen) atoms. The molecule has 0 aliphatic carbocycles. The molecule has 0 amide bonds. The molecule has 1 N–H and O–H groups in total. The fourth-order valence-corrected chi connectivity index (χ4v) is 3.62. The van der Waals surface area contributed by atoms with Crippen LogP contribution in [-0.2, 0) is 4.31 Å². The van der Waals surface area contributed by atoms with Gasteiger partial charge < -0.3 is 18.5 Å². The summed E-state index contributed by atoms with van der Waals surface area (Å²) >= 11 is 0. The van der Waals surface area contributed by atoms with Crippen molar-refractivity contribution in [2.75, 3.05) is 0 Å². The lowest BCUT2D eigenvalue weighted by Crippen LogP contribution is -1.99. The van der Waals surface area contributed by atoms with Gasteiger partial charge in [0.2, 0.25) is 0 Å². The smallest absolute Gasteiger partial charge is 0.427 e. The van der Waals surface area contributed by atoms with Crippen molar-refractivity contribution in [1.82, 2.24) is 0 Å². The molecule has 0 spiro atoms. The third kappa shape index (κ3) is 6.00. The van der Waals surface area contributed by atoms with Crippen LogP contribution < -0.4 is 13.6 Å². The van der Waals surface area contributed by atoms with E-state index in [0.717, 1.165) is 0 Å². The zero-order chi connectivity index (χ0) is 17.3. The highest BCUT2D eigenvalue weighted by molar-refractivity contribution is 7.55. The zero-order valence-corrected chi connectivity index (χ0v) is 14.9. The standard InChI is InChI=1S/C18H16O5P2/c19-24(20-16-10-4-1-5-11-16)23-25(21-17-12-6-2-7-13-17)22-18-14-8-3-9-15-18/h1-15,19H. The zero-order valence-electron chi connectivity index (χ0n) is 13.1. The van der Waals surface area contributed by atoms with Crippen LogP contribution >= 0.6 is 17.2 Å². The minimum atomic E-state index is -2.21. The summed E-state index contributed by atoms with van der Waals surface area (Å²) in [6, 6.07) is 27.2. The number of rotatable bonds is 8. The van der Waals surface area contributed by atoms with Crippen LogP contribution in [0.5, 0.6) is 17.2 Å². The molecule has 0 saturated carbocycles. The molecule has 0 saturated heterocycles. The van der Waals surface area contributed by atoms with Gasteiger partial charge in [0, 0.05) is 0 Å². The molecular formula is C18H16O5P2. The van der Waals surface area contributed by atoms with Crippen molar-refractivity contribution in [3.05, 3.63) is 91.0 Å². The highest BCUT2D eigenvalue weighted by atomic mass is 31.2. The molecule has 0 fully saturated rings. The first-order valence-electron chi connectivity index (χ1n) is 7.46. The maximum absolute atomic E-state index is 10.1. The van der Waals surface area contributed by atoms with E-state index < -0.39 is 17.2 Å². The minimum absolute atomic E-state index is 0.505. The predicted octanol–water partition coefficient (Wildman–Crippen LogP) is 5.69. The van der Waals surface area contributed by atoms with Crippen molar-refractivity contribution in [1.29, 1.82) is 0 Å². The van der Waals surface area contributed by atoms with Crippen molar-refractivity contribution >= 4 is 17.2 Å². The lowest BCUT2D eigenvalue weighted by Gasteiger charge is -2.19. The molecule has 0 bridgehead atoms. The summed E-state index contributed by atoms with van der Waals surface area (Å²) in [6.07, 6.45) is 0. The van der Waals surface area contributed by atoms with E-state index in [9.17, 15) is 4.89 Å². The predicted molar refractivity (Wildman–Crippen MR) is 98.4 cm³/mol. The second kappa shape index (κ2) is 9.36. The normalized spacial score (nSPS) is 11.8. The van der Waals surface area contributed by atoms with E-state index in [-0.39, 0.29) is 0 Å². The van der Waals surface area contributed by atoms with Crippen molar-refractivity contribution in [2.24, 2.45) is 0 Å². The molecule has 7 heteroatoms. The quantitative estimate of drug-likeness (QED) is 0.514. The maximum Gasteiger partial charge on any atom is 0.471 e. The van der Waals surface area contributed by atoms with Crippen LogP contribution in [0.1, 0.15) is 0 Å². The highest BCUT2D eigenvalue weighted by Crippen LogP contribution is 2.52. The molecule has 3 aromatic carbocycles. The Bertz CT molecular complexity index is 702. The molecule has 3 aromatic rings. The van der Waals surface area contributed by atoms with Crippen LogP contribution in [-0.4, -0.2) is 4.89 Å². The van der Waals surface area contributed by atoms with Gasteiger partial charge in [0.15, 0.2) is 0 Å². The SMILES string of the molecule is OP(Oc1ccccc1)OP(Oc1ccccc1)Oc1ccccc1. The summed E-state index contributed by atoms with van der Waals surface area (Å²) < 4.78 is 22.3. The summed E-state index contributed by atoms with van der Waals surface area (Å²) in [6.45, 7) is 0. The van der Waals surface area contributed by atoms with E-state index in [1.165, 1.54) is 0 Å². The van der Waals surface area contributed by atoms with E-state index in [1.807, 2.05) is 54.6 Å². The second-order valence-corrected chi connectivity index (χ2v) is 6.88. The van der Waals surface area contributed by atoms with Crippen molar-refractivity contribution < 1.29 is 22.8 Å². The molecule has 1 atom stereocenters. The van der Waals surface area contributed by atoms with Gasteiger partial charge >= 0.3 is 17.2 Å². The third-order valence-corrected chi connectivity index (χ3v) is 5.09. The third-order valence-electron chi connectivity index (χ3n) is 2.91. The van der Waals surface area contributed by atoms with Gasteiger partial charge in [0.05, 0.1) is 0 Å². The summed E-state index contributed by atoms with van der Waals surface area (Å²) in [5.74, 6) is 1.66. The monoisotopic (exact) mass is 374 g/mol. The Morgan fingerprint density at radius 3 is 1.28 bits per heavy atom. The minimum Gasteiger partial charge on any atom is -0.427 e. The Kier molecular flexibility index (Phi) is 6.61. The van der Waals surface area contributed by atoms with Crippen molar-refractivity contribution in [3.8, 4) is 17.2 Å². The number of benzene rings is 3. The van der Waals surface area contributed by atoms with Crippen LogP contribution in [0.25, 0.3) is 0 Å². The van der Waals surface area contributed by atoms with Crippen molar-refractivity contribution in [3.63, 3.8) is 0 Å². The molecule has 5 nitrogen and oxygen atoms in total. The van der Waals surface area contributed by atoms with Gasteiger partial charge in [0.1, 0.15) is 17.2 Å². The van der Waals surface area contributed by atoms with E-state index in [0.29, 0.717) is 17.2 Å². The number of para-hydroxylation sites is 3. The molecule has 3 rings (SSSR count). The average molecular weight is 374 g/mol. The van der Waals surface area contributed by atoms with Crippen molar-refractivity contribution in [2.45, 2.75) is 0 Å². The molecule has 0 aliphatic rings. The highest BCUT2D eigenvalue weighted by Gasteiger charge is 2.25. The van der Waals surface area contributed by atoms with E-state index in [4.69, 9.17) is 17.9 Å². The van der Waals surface area contributed by atoms with E-state index in [2.05, 4.69) is 0 Å². The van der Waals surface area contributed by atoms with Gasteiger partial charge in [-0.2, -0.15) is 0 Å². The van der Waals surface area contributed by atoms with Gasteiger partial charge in [-0.3, -0.25) is 0 Å². The Morgan fingerprint density at radius 1 is 0.520 bits per heavy atom. The first-order chi connectivity index (χ1) is 12.3. The Balaban J connectivity index is 1.66. The van der Waals surface area contributed by atoms with E-state index >= 15 is 0 Å². The number of hydrogen-bond donors (Lipinski definition) is 1. The fourth-order valence-electron chi connectivity index (χ4n) is 1.83. The van der Waals surface area contributed by atoms with Gasteiger partial charge in [0.25, 0.3) is 0 Å². The molecule has 0 aliphatic heterocycles. The van der Waals surface area contributed by atoms with Crippen LogP contribution in [0.3, 0.4) is 0 Å². The Morgan fingerprint density at radius 2 is 0.880 bits per heavy atom. The Hall–Kier alpha value is -2.16. The van der Waals surface area contributed by atoms with Gasteiger partial charge in [-0.05, 0) is 36.4 Å². The van der Waals surface area contributed by atoms with Gasteiger partial charge in [-0.25, -0.2) is 4.31 Å². The first-order valence-corrected chi connectivity index (χ1v) is 9.68. The van der Waals surface area contributed by atoms with Crippen LogP contribution in [0.15, 0.2) is 91.0 Å². The Labute approximate surface area is 148 Å². The molecule has 0 radical (unpaired) electrons. The maximum atomic E-state index is 10.1. The molecule has 0 aromatic heterocycles. The lowest BCUT2D eigenvalue weighted by atomic mass is 10.3. The fraction of sp³-hybridized carbons (Fsp3) is 0.